The van der Waals surface area contributed by atoms with Crippen molar-refractivity contribution in [2.75, 3.05) is 26.7 Å². The summed E-state index contributed by atoms with van der Waals surface area (Å²) >= 11 is 0. The molecule has 0 aromatic heterocycles. The van der Waals surface area contributed by atoms with E-state index in [1.807, 2.05) is 20.8 Å². The van der Waals surface area contributed by atoms with Gasteiger partial charge in [-0.1, -0.05) is 13.8 Å². The van der Waals surface area contributed by atoms with E-state index in [4.69, 9.17) is 5.73 Å². The lowest BCUT2D eigenvalue weighted by molar-refractivity contribution is -0.151. The van der Waals surface area contributed by atoms with Crippen molar-refractivity contribution in [3.05, 3.63) is 0 Å². The second-order valence-corrected chi connectivity index (χ2v) is 4.42. The summed E-state index contributed by atoms with van der Waals surface area (Å²) in [5.74, 6) is -0.475. The zero-order chi connectivity index (χ0) is 13.5. The molecule has 0 aliphatic rings. The predicted molar refractivity (Wildman–Crippen MR) is 66.3 cm³/mol. The van der Waals surface area contributed by atoms with Crippen LogP contribution in [0.15, 0.2) is 0 Å². The highest BCUT2D eigenvalue weighted by molar-refractivity contribution is 5.86. The Balaban J connectivity index is 4.80. The van der Waals surface area contributed by atoms with E-state index in [0.717, 1.165) is 6.42 Å². The summed E-state index contributed by atoms with van der Waals surface area (Å²) in [6.07, 6.45) is 1.46. The summed E-state index contributed by atoms with van der Waals surface area (Å²) in [5, 5.41) is 0. The fourth-order valence-corrected chi connectivity index (χ4v) is 1.51. The highest BCUT2D eigenvalue weighted by Gasteiger charge is 2.34. The van der Waals surface area contributed by atoms with Crippen molar-refractivity contribution in [3.63, 3.8) is 0 Å². The molecule has 0 aromatic rings. The van der Waals surface area contributed by atoms with Gasteiger partial charge in [0.15, 0.2) is 0 Å². The second-order valence-electron chi connectivity index (χ2n) is 4.42. The molecule has 1 atom stereocenters. The molecule has 17 heavy (non-hydrogen) atoms. The highest BCUT2D eigenvalue weighted by atomic mass is 16.5. The van der Waals surface area contributed by atoms with Crippen LogP contribution < -0.4 is 5.73 Å². The van der Waals surface area contributed by atoms with Gasteiger partial charge in [0.2, 0.25) is 5.91 Å². The zero-order valence-electron chi connectivity index (χ0n) is 11.3. The van der Waals surface area contributed by atoms with Gasteiger partial charge in [0.05, 0.1) is 12.5 Å². The molecule has 0 fully saturated rings. The second kappa shape index (κ2) is 7.27. The van der Waals surface area contributed by atoms with Crippen LogP contribution in [0.25, 0.3) is 0 Å². The molecule has 0 aliphatic heterocycles. The van der Waals surface area contributed by atoms with E-state index in [1.54, 1.807) is 0 Å². The maximum absolute atomic E-state index is 12.3. The lowest BCUT2D eigenvalue weighted by atomic mass is 9.86. The number of hydrogen-bond donors (Lipinski definition) is 1. The smallest absolute Gasteiger partial charge is 0.325 e. The van der Waals surface area contributed by atoms with Gasteiger partial charge < -0.3 is 15.4 Å². The minimum atomic E-state index is -0.594. The van der Waals surface area contributed by atoms with Gasteiger partial charge in [0, 0.05) is 13.1 Å². The van der Waals surface area contributed by atoms with E-state index < -0.39 is 11.4 Å². The Morgan fingerprint density at radius 2 is 1.94 bits per heavy atom. The molecule has 5 heteroatoms. The molecule has 0 aliphatic carbocycles. The average molecular weight is 244 g/mol. The third-order valence-corrected chi connectivity index (χ3v) is 3.08. The Kier molecular flexibility index (Phi) is 6.80. The number of ether oxygens (including phenoxy) is 1. The number of carbonyl (C=O) groups is 2. The Labute approximate surface area is 103 Å². The van der Waals surface area contributed by atoms with Crippen LogP contribution in [-0.2, 0) is 14.3 Å². The van der Waals surface area contributed by atoms with E-state index in [1.165, 1.54) is 12.0 Å². The summed E-state index contributed by atoms with van der Waals surface area (Å²) in [6.45, 7) is 6.54. The number of methoxy groups -OCH3 is 1. The van der Waals surface area contributed by atoms with Gasteiger partial charge >= 0.3 is 5.97 Å². The lowest BCUT2D eigenvalue weighted by Crippen LogP contribution is -2.48. The van der Waals surface area contributed by atoms with Crippen molar-refractivity contribution in [1.82, 2.24) is 4.90 Å². The number of rotatable bonds is 7. The molecular weight excluding hydrogens is 220 g/mol. The predicted octanol–water partition coefficient (Wildman–Crippen LogP) is 0.773. The van der Waals surface area contributed by atoms with E-state index in [0.29, 0.717) is 13.0 Å². The molecule has 0 aromatic carbocycles. The number of esters is 1. The van der Waals surface area contributed by atoms with Crippen LogP contribution in [-0.4, -0.2) is 43.5 Å². The molecule has 2 N–H and O–H groups in total. The van der Waals surface area contributed by atoms with Crippen LogP contribution in [0.1, 0.15) is 33.6 Å². The average Bonchev–Trinajstić information content (AvgIpc) is 2.36. The summed E-state index contributed by atoms with van der Waals surface area (Å²) in [5.41, 5.74) is 5.06. The summed E-state index contributed by atoms with van der Waals surface area (Å²) in [7, 11) is 1.32. The lowest BCUT2D eigenvalue weighted by Gasteiger charge is -2.32. The molecule has 0 saturated carbocycles. The van der Waals surface area contributed by atoms with Crippen molar-refractivity contribution in [3.8, 4) is 0 Å². The van der Waals surface area contributed by atoms with E-state index in [2.05, 4.69) is 4.74 Å². The van der Waals surface area contributed by atoms with Gasteiger partial charge in [-0.25, -0.2) is 0 Å². The van der Waals surface area contributed by atoms with Crippen LogP contribution in [0.4, 0.5) is 0 Å². The van der Waals surface area contributed by atoms with Gasteiger partial charge in [-0.05, 0) is 19.8 Å². The Bertz CT molecular complexity index is 262. The maximum atomic E-state index is 12.3. The van der Waals surface area contributed by atoms with Crippen LogP contribution in [0.2, 0.25) is 0 Å². The SMILES string of the molecule is CCCN(CC(=O)OC)C(=O)C(C)(CC)CN. The van der Waals surface area contributed by atoms with Crippen molar-refractivity contribution >= 4 is 11.9 Å². The third-order valence-electron chi connectivity index (χ3n) is 3.08. The van der Waals surface area contributed by atoms with Crippen LogP contribution in [0, 0.1) is 5.41 Å². The van der Waals surface area contributed by atoms with Crippen molar-refractivity contribution in [2.45, 2.75) is 33.6 Å². The molecule has 0 spiro atoms. The quantitative estimate of drug-likeness (QED) is 0.671. The fraction of sp³-hybridized carbons (Fsp3) is 0.833. The molecule has 100 valence electrons. The minimum Gasteiger partial charge on any atom is -0.468 e. The standard InChI is InChI=1S/C12H24N2O3/c1-5-7-14(8-10(15)17-4)11(16)12(3,6-2)9-13/h5-9,13H2,1-4H3. The Morgan fingerprint density at radius 1 is 1.35 bits per heavy atom. The fourth-order valence-electron chi connectivity index (χ4n) is 1.51. The summed E-state index contributed by atoms with van der Waals surface area (Å²) in [6, 6.07) is 0. The number of amides is 1. The van der Waals surface area contributed by atoms with Crippen LogP contribution >= 0.6 is 0 Å². The molecule has 0 saturated heterocycles. The first kappa shape index (κ1) is 15.9. The van der Waals surface area contributed by atoms with E-state index in [-0.39, 0.29) is 19.0 Å². The first-order valence-corrected chi connectivity index (χ1v) is 6.01. The molecule has 0 radical (unpaired) electrons. The zero-order valence-corrected chi connectivity index (χ0v) is 11.3. The van der Waals surface area contributed by atoms with Crippen molar-refractivity contribution in [1.29, 1.82) is 0 Å². The Morgan fingerprint density at radius 3 is 2.29 bits per heavy atom. The number of nitrogens with zero attached hydrogens (tertiary/aromatic N) is 1. The minimum absolute atomic E-state index is 0.00123. The van der Waals surface area contributed by atoms with Gasteiger partial charge in [-0.2, -0.15) is 0 Å². The first-order valence-electron chi connectivity index (χ1n) is 6.01. The Hall–Kier alpha value is -1.10. The topological polar surface area (TPSA) is 72.6 Å². The van der Waals surface area contributed by atoms with Crippen molar-refractivity contribution in [2.24, 2.45) is 11.1 Å². The monoisotopic (exact) mass is 244 g/mol. The number of carbonyl (C=O) groups excluding carboxylic acids is 2. The van der Waals surface area contributed by atoms with Gasteiger partial charge in [0.25, 0.3) is 0 Å². The van der Waals surface area contributed by atoms with Gasteiger partial charge in [0.1, 0.15) is 6.54 Å². The molecule has 5 nitrogen and oxygen atoms in total. The normalized spacial score (nSPS) is 13.9. The largest absolute Gasteiger partial charge is 0.468 e. The molecule has 1 unspecified atom stereocenters. The third kappa shape index (κ3) is 4.34. The highest BCUT2D eigenvalue weighted by Crippen LogP contribution is 2.22. The van der Waals surface area contributed by atoms with E-state index in [9.17, 15) is 9.59 Å². The summed E-state index contributed by atoms with van der Waals surface area (Å²) in [4.78, 5) is 25.1. The van der Waals surface area contributed by atoms with Crippen molar-refractivity contribution < 1.29 is 14.3 Å². The molecule has 0 rings (SSSR count). The van der Waals surface area contributed by atoms with Crippen LogP contribution in [0.5, 0.6) is 0 Å². The molecular formula is C12H24N2O3. The summed E-state index contributed by atoms with van der Waals surface area (Å²) < 4.78 is 4.59. The molecule has 1 amide bonds. The molecule has 0 bridgehead atoms. The van der Waals surface area contributed by atoms with Gasteiger partial charge in [-0.3, -0.25) is 9.59 Å². The van der Waals surface area contributed by atoms with Gasteiger partial charge in [-0.15, -0.1) is 0 Å². The maximum Gasteiger partial charge on any atom is 0.325 e. The number of nitrogens with two attached hydrogens (primary N) is 1. The van der Waals surface area contributed by atoms with E-state index >= 15 is 0 Å². The molecule has 0 heterocycles. The van der Waals surface area contributed by atoms with Crippen LogP contribution in [0.3, 0.4) is 0 Å². The first-order chi connectivity index (χ1) is 7.95. The number of hydrogen-bond acceptors (Lipinski definition) is 4.